The molecule has 2 aromatic heterocycles. The molecule has 0 bridgehead atoms. The fourth-order valence-corrected chi connectivity index (χ4v) is 4.83. The second-order valence-corrected chi connectivity index (χ2v) is 10.3. The average Bonchev–Trinajstić information content (AvgIpc) is 3.23. The Balaban J connectivity index is 1.41. The fourth-order valence-electron chi connectivity index (χ4n) is 2.86. The van der Waals surface area contributed by atoms with Gasteiger partial charge in [0.25, 0.3) is 0 Å². The minimum Gasteiger partial charge on any atom is -0.444 e. The number of nitrogens with one attached hydrogen (secondary N) is 1. The Morgan fingerprint density at radius 2 is 2.00 bits per heavy atom. The molecular formula is C21H29N5O2S2. The maximum atomic E-state index is 11.6. The molecule has 0 saturated heterocycles. The van der Waals surface area contributed by atoms with Crippen LogP contribution in [0.5, 0.6) is 0 Å². The lowest BCUT2D eigenvalue weighted by molar-refractivity contribution is 0.0527. The van der Waals surface area contributed by atoms with Gasteiger partial charge in [-0.2, -0.15) is 4.52 Å². The zero-order chi connectivity index (χ0) is 21.6. The maximum absolute atomic E-state index is 11.6. The summed E-state index contributed by atoms with van der Waals surface area (Å²) in [7, 11) is 0. The minimum atomic E-state index is -0.465. The normalized spacial score (nSPS) is 11.7. The number of amides is 1. The van der Waals surface area contributed by atoms with Crippen molar-refractivity contribution >= 4 is 34.2 Å². The summed E-state index contributed by atoms with van der Waals surface area (Å²) in [5, 5.41) is 16.0. The third kappa shape index (κ3) is 6.70. The number of aromatic nitrogens is 4. The summed E-state index contributed by atoms with van der Waals surface area (Å²) in [6.45, 7) is 8.32. The van der Waals surface area contributed by atoms with E-state index in [2.05, 4.69) is 51.8 Å². The topological polar surface area (TPSA) is 81.4 Å². The smallest absolute Gasteiger partial charge is 0.407 e. The van der Waals surface area contributed by atoms with Crippen LogP contribution in [0.3, 0.4) is 0 Å². The molecule has 0 aliphatic carbocycles. The molecule has 0 fully saturated rings. The summed E-state index contributed by atoms with van der Waals surface area (Å²) in [5.41, 5.74) is 2.16. The van der Waals surface area contributed by atoms with Gasteiger partial charge in [0.1, 0.15) is 5.60 Å². The van der Waals surface area contributed by atoms with Gasteiger partial charge in [-0.3, -0.25) is 0 Å². The van der Waals surface area contributed by atoms with Crippen molar-refractivity contribution in [2.75, 3.05) is 6.54 Å². The third-order valence-corrected chi connectivity index (χ3v) is 6.48. The van der Waals surface area contributed by atoms with Crippen LogP contribution in [-0.4, -0.2) is 38.1 Å². The van der Waals surface area contributed by atoms with Crippen LogP contribution in [0.4, 0.5) is 4.79 Å². The average molecular weight is 448 g/mol. The Morgan fingerprint density at radius 1 is 1.20 bits per heavy atom. The Bertz CT molecular complexity index is 977. The molecular weight excluding hydrogens is 418 g/mol. The number of benzene rings is 1. The highest BCUT2D eigenvalue weighted by molar-refractivity contribution is 8.00. The van der Waals surface area contributed by atoms with E-state index in [9.17, 15) is 4.79 Å². The molecule has 1 N–H and O–H groups in total. The monoisotopic (exact) mass is 447 g/mol. The highest BCUT2D eigenvalue weighted by Crippen LogP contribution is 2.28. The number of aryl methyl sites for hydroxylation is 2. The minimum absolute atomic E-state index is 0.361. The SMILES string of the molecule is Cc1ccccc1CSc1nn2c(CCCCCNC(=O)OC(C)(C)C)nnc2s1. The lowest BCUT2D eigenvalue weighted by Crippen LogP contribution is -2.32. The number of carbonyl (C=O) groups excluding carboxylic acids is 1. The van der Waals surface area contributed by atoms with Gasteiger partial charge in [0.15, 0.2) is 10.2 Å². The lowest BCUT2D eigenvalue weighted by atomic mass is 10.1. The largest absolute Gasteiger partial charge is 0.444 e. The van der Waals surface area contributed by atoms with E-state index in [1.165, 1.54) is 11.1 Å². The number of carbonyl (C=O) groups is 1. The number of ether oxygens (including phenoxy) is 1. The van der Waals surface area contributed by atoms with Gasteiger partial charge < -0.3 is 10.1 Å². The number of fused-ring (bicyclic) bond motifs is 1. The number of alkyl carbamates (subject to hydrolysis) is 1. The number of hydrogen-bond acceptors (Lipinski definition) is 7. The highest BCUT2D eigenvalue weighted by atomic mass is 32.2. The molecule has 30 heavy (non-hydrogen) atoms. The molecule has 0 spiro atoms. The van der Waals surface area contributed by atoms with Crippen LogP contribution in [0.15, 0.2) is 28.6 Å². The molecule has 9 heteroatoms. The van der Waals surface area contributed by atoms with Crippen molar-refractivity contribution in [3.8, 4) is 0 Å². The molecule has 1 aromatic carbocycles. The van der Waals surface area contributed by atoms with E-state index in [0.717, 1.165) is 46.6 Å². The van der Waals surface area contributed by atoms with E-state index in [1.54, 1.807) is 23.1 Å². The van der Waals surface area contributed by atoms with Crippen molar-refractivity contribution in [1.29, 1.82) is 0 Å². The van der Waals surface area contributed by atoms with Gasteiger partial charge >= 0.3 is 6.09 Å². The summed E-state index contributed by atoms with van der Waals surface area (Å²) < 4.78 is 8.10. The van der Waals surface area contributed by atoms with Crippen LogP contribution in [0.1, 0.15) is 57.0 Å². The number of rotatable bonds is 9. The van der Waals surface area contributed by atoms with Crippen molar-refractivity contribution in [2.24, 2.45) is 0 Å². The standard InChI is InChI=1S/C21H29N5O2S2/c1-15-10-7-8-11-16(15)14-29-20-25-26-17(23-24-18(26)30-20)12-6-5-9-13-22-19(27)28-21(2,3)4/h7-8,10-11H,5-6,9,12-14H2,1-4H3,(H,22,27). The fraction of sp³-hybridized carbons (Fsp3) is 0.524. The molecule has 0 radical (unpaired) electrons. The van der Waals surface area contributed by atoms with E-state index in [-0.39, 0.29) is 6.09 Å². The quantitative estimate of drug-likeness (QED) is 0.366. The van der Waals surface area contributed by atoms with Gasteiger partial charge in [0.2, 0.25) is 4.96 Å². The van der Waals surface area contributed by atoms with E-state index < -0.39 is 5.60 Å². The van der Waals surface area contributed by atoms with Crippen LogP contribution >= 0.6 is 23.1 Å². The van der Waals surface area contributed by atoms with Gasteiger partial charge in [-0.1, -0.05) is 53.8 Å². The predicted molar refractivity (Wildman–Crippen MR) is 121 cm³/mol. The summed E-state index contributed by atoms with van der Waals surface area (Å²) in [6.07, 6.45) is 3.32. The zero-order valence-corrected chi connectivity index (χ0v) is 19.6. The molecule has 1 amide bonds. The van der Waals surface area contributed by atoms with Crippen LogP contribution in [-0.2, 0) is 16.9 Å². The first-order chi connectivity index (χ1) is 14.3. The van der Waals surface area contributed by atoms with E-state index in [0.29, 0.717) is 6.54 Å². The van der Waals surface area contributed by atoms with Gasteiger partial charge in [-0.05, 0) is 51.7 Å². The first-order valence-corrected chi connectivity index (χ1v) is 12.0. The van der Waals surface area contributed by atoms with Crippen molar-refractivity contribution in [2.45, 2.75) is 69.1 Å². The van der Waals surface area contributed by atoms with E-state index >= 15 is 0 Å². The van der Waals surface area contributed by atoms with Gasteiger partial charge in [-0.25, -0.2) is 4.79 Å². The Morgan fingerprint density at radius 3 is 2.77 bits per heavy atom. The number of unbranched alkanes of at least 4 members (excludes halogenated alkanes) is 2. The molecule has 2 heterocycles. The molecule has 3 aromatic rings. The van der Waals surface area contributed by atoms with E-state index in [1.807, 2.05) is 25.3 Å². The summed E-state index contributed by atoms with van der Waals surface area (Å²) in [4.78, 5) is 12.5. The number of thioether (sulfide) groups is 1. The molecule has 162 valence electrons. The summed E-state index contributed by atoms with van der Waals surface area (Å²) in [6, 6.07) is 8.43. The van der Waals surface area contributed by atoms with E-state index in [4.69, 9.17) is 4.74 Å². The van der Waals surface area contributed by atoms with Crippen LogP contribution in [0.2, 0.25) is 0 Å². The van der Waals surface area contributed by atoms with Crippen molar-refractivity contribution in [1.82, 2.24) is 25.1 Å². The number of hydrogen-bond donors (Lipinski definition) is 1. The van der Waals surface area contributed by atoms with Crippen LogP contribution < -0.4 is 5.32 Å². The first kappa shape index (κ1) is 22.6. The molecule has 3 rings (SSSR count). The molecule has 7 nitrogen and oxygen atoms in total. The Kier molecular flexibility index (Phi) is 7.71. The Labute approximate surface area is 185 Å². The van der Waals surface area contributed by atoms with Crippen molar-refractivity contribution in [3.05, 3.63) is 41.2 Å². The second-order valence-electron chi connectivity index (χ2n) is 8.13. The molecule has 0 atom stereocenters. The summed E-state index contributed by atoms with van der Waals surface area (Å²) in [5.74, 6) is 1.79. The third-order valence-electron chi connectivity index (χ3n) is 4.39. The molecule has 0 saturated carbocycles. The van der Waals surface area contributed by atoms with Crippen LogP contribution in [0.25, 0.3) is 4.96 Å². The highest BCUT2D eigenvalue weighted by Gasteiger charge is 2.15. The van der Waals surface area contributed by atoms with Crippen LogP contribution in [0, 0.1) is 6.92 Å². The molecule has 0 aliphatic rings. The lowest BCUT2D eigenvalue weighted by Gasteiger charge is -2.19. The summed E-state index contributed by atoms with van der Waals surface area (Å²) >= 11 is 3.31. The maximum Gasteiger partial charge on any atom is 0.407 e. The Hall–Kier alpha value is -2.13. The predicted octanol–water partition coefficient (Wildman–Crippen LogP) is 5.02. The second kappa shape index (κ2) is 10.3. The molecule has 0 aliphatic heterocycles. The molecule has 0 unspecified atom stereocenters. The zero-order valence-electron chi connectivity index (χ0n) is 18.0. The van der Waals surface area contributed by atoms with Gasteiger partial charge in [-0.15, -0.1) is 15.3 Å². The van der Waals surface area contributed by atoms with Crippen molar-refractivity contribution < 1.29 is 9.53 Å². The van der Waals surface area contributed by atoms with Crippen molar-refractivity contribution in [3.63, 3.8) is 0 Å². The van der Waals surface area contributed by atoms with Gasteiger partial charge in [0.05, 0.1) is 0 Å². The van der Waals surface area contributed by atoms with Gasteiger partial charge in [0, 0.05) is 18.7 Å². The first-order valence-electron chi connectivity index (χ1n) is 10.2. The number of nitrogens with zero attached hydrogens (tertiary/aromatic N) is 4.